The zero-order valence-corrected chi connectivity index (χ0v) is 18.1. The van der Waals surface area contributed by atoms with Crippen molar-refractivity contribution in [3.8, 4) is 22.8 Å². The minimum Gasteiger partial charge on any atom is -0.507 e. The van der Waals surface area contributed by atoms with Gasteiger partial charge in [0.05, 0.1) is 19.3 Å². The largest absolute Gasteiger partial charge is 0.507 e. The van der Waals surface area contributed by atoms with E-state index in [4.69, 9.17) is 16.3 Å². The molecule has 31 heavy (non-hydrogen) atoms. The Balaban J connectivity index is 1.87. The fraction of sp³-hybridized carbons (Fsp3) is 0.304. The van der Waals surface area contributed by atoms with E-state index in [-0.39, 0.29) is 24.8 Å². The van der Waals surface area contributed by atoms with E-state index >= 15 is 0 Å². The summed E-state index contributed by atoms with van der Waals surface area (Å²) in [7, 11) is 0. The number of phenols is 1. The van der Waals surface area contributed by atoms with Gasteiger partial charge in [-0.2, -0.15) is 5.10 Å². The van der Waals surface area contributed by atoms with E-state index in [1.54, 1.807) is 24.0 Å². The van der Waals surface area contributed by atoms with E-state index in [0.717, 1.165) is 17.5 Å². The van der Waals surface area contributed by atoms with Crippen molar-refractivity contribution in [2.75, 3.05) is 19.8 Å². The molecule has 3 N–H and O–H groups in total. The molecule has 4 rings (SSSR count). The van der Waals surface area contributed by atoms with Crippen LogP contribution in [0.1, 0.15) is 46.6 Å². The summed E-state index contributed by atoms with van der Waals surface area (Å²) in [5.74, 6) is 0.476. The Labute approximate surface area is 185 Å². The Morgan fingerprint density at radius 3 is 2.84 bits per heavy atom. The molecule has 1 unspecified atom stereocenters. The highest BCUT2D eigenvalue weighted by Crippen LogP contribution is 2.45. The van der Waals surface area contributed by atoms with Crippen molar-refractivity contribution in [3.63, 3.8) is 0 Å². The second kappa shape index (κ2) is 8.61. The lowest BCUT2D eigenvalue weighted by Gasteiger charge is -2.26. The SMILES string of the molecule is CCCOc1cccc(C2c3c(-c4cc(Cl)c(C)cc4O)n[nH]c3C(=O)N2CCO)c1. The lowest BCUT2D eigenvalue weighted by Crippen LogP contribution is -2.32. The molecule has 1 atom stereocenters. The number of aromatic nitrogens is 2. The number of hydrogen-bond donors (Lipinski definition) is 3. The summed E-state index contributed by atoms with van der Waals surface area (Å²) >= 11 is 6.31. The number of carbonyl (C=O) groups is 1. The van der Waals surface area contributed by atoms with Crippen LogP contribution >= 0.6 is 11.6 Å². The van der Waals surface area contributed by atoms with Gasteiger partial charge in [0.15, 0.2) is 0 Å². The quantitative estimate of drug-likeness (QED) is 0.513. The number of phenolic OH excluding ortho intramolecular Hbond substituents is 1. The molecule has 2 aromatic carbocycles. The molecule has 0 aliphatic carbocycles. The van der Waals surface area contributed by atoms with Crippen molar-refractivity contribution >= 4 is 17.5 Å². The van der Waals surface area contributed by atoms with Crippen LogP contribution in [-0.4, -0.2) is 51.0 Å². The normalized spacial score (nSPS) is 15.4. The molecule has 0 bridgehead atoms. The second-order valence-electron chi connectivity index (χ2n) is 7.53. The molecule has 0 spiro atoms. The maximum atomic E-state index is 13.1. The van der Waals surface area contributed by atoms with Crippen LogP contribution in [-0.2, 0) is 0 Å². The number of ether oxygens (including phenoxy) is 1. The molecule has 0 radical (unpaired) electrons. The number of aliphatic hydroxyl groups is 1. The standard InChI is InChI=1S/C23H24ClN3O4/c1-3-9-31-15-6-4-5-14(11-15)22-19-20(16-12-17(24)13(2)10-18(16)29)25-26-21(19)23(30)27(22)7-8-28/h4-6,10-12,22,28-29H,3,7-9H2,1-2H3,(H,25,26). The van der Waals surface area contributed by atoms with E-state index in [2.05, 4.69) is 10.2 Å². The van der Waals surface area contributed by atoms with Gasteiger partial charge in [-0.3, -0.25) is 9.89 Å². The Morgan fingerprint density at radius 2 is 2.10 bits per heavy atom. The molecule has 1 amide bonds. The number of carbonyl (C=O) groups excluding carboxylic acids is 1. The smallest absolute Gasteiger partial charge is 0.273 e. The van der Waals surface area contributed by atoms with Gasteiger partial charge in [-0.25, -0.2) is 0 Å². The molecular weight excluding hydrogens is 418 g/mol. The monoisotopic (exact) mass is 441 g/mol. The molecule has 2 heterocycles. The summed E-state index contributed by atoms with van der Waals surface area (Å²) in [4.78, 5) is 14.7. The molecule has 1 aliphatic rings. The molecule has 8 heteroatoms. The number of amides is 1. The number of H-pyrrole nitrogens is 1. The van der Waals surface area contributed by atoms with Crippen molar-refractivity contribution in [2.45, 2.75) is 26.3 Å². The molecule has 0 saturated heterocycles. The van der Waals surface area contributed by atoms with Gasteiger partial charge in [0.25, 0.3) is 5.91 Å². The summed E-state index contributed by atoms with van der Waals surface area (Å²) in [5, 5.41) is 27.8. The van der Waals surface area contributed by atoms with Crippen LogP contribution in [0.25, 0.3) is 11.3 Å². The highest BCUT2D eigenvalue weighted by molar-refractivity contribution is 6.31. The van der Waals surface area contributed by atoms with Crippen molar-refractivity contribution < 1.29 is 19.7 Å². The van der Waals surface area contributed by atoms with Gasteiger partial charge in [-0.05, 0) is 48.7 Å². The van der Waals surface area contributed by atoms with Crippen LogP contribution in [0.3, 0.4) is 0 Å². The number of aliphatic hydroxyl groups excluding tert-OH is 1. The van der Waals surface area contributed by atoms with Crippen molar-refractivity contribution in [1.29, 1.82) is 0 Å². The Hall–Kier alpha value is -3.03. The maximum absolute atomic E-state index is 13.1. The van der Waals surface area contributed by atoms with Crippen LogP contribution in [0.15, 0.2) is 36.4 Å². The minimum atomic E-state index is -0.493. The fourth-order valence-electron chi connectivity index (χ4n) is 3.94. The number of nitrogens with one attached hydrogen (secondary N) is 1. The van der Waals surface area contributed by atoms with Gasteiger partial charge >= 0.3 is 0 Å². The lowest BCUT2D eigenvalue weighted by molar-refractivity contribution is 0.0706. The first-order valence-corrected chi connectivity index (χ1v) is 10.6. The highest BCUT2D eigenvalue weighted by Gasteiger charge is 2.42. The number of halogens is 1. The number of benzene rings is 2. The summed E-state index contributed by atoms with van der Waals surface area (Å²) in [6, 6.07) is 10.3. The van der Waals surface area contributed by atoms with E-state index < -0.39 is 6.04 Å². The van der Waals surface area contributed by atoms with Crippen LogP contribution in [0.5, 0.6) is 11.5 Å². The third-order valence-electron chi connectivity index (χ3n) is 5.38. The van der Waals surface area contributed by atoms with Crippen LogP contribution in [0.2, 0.25) is 5.02 Å². The average molecular weight is 442 g/mol. The first kappa shape index (κ1) is 21.2. The van der Waals surface area contributed by atoms with Gasteiger partial charge in [-0.15, -0.1) is 0 Å². The number of aryl methyl sites for hydroxylation is 1. The van der Waals surface area contributed by atoms with E-state index in [1.807, 2.05) is 31.2 Å². The summed E-state index contributed by atoms with van der Waals surface area (Å²) in [5.41, 5.74) is 3.44. The number of aromatic amines is 1. The minimum absolute atomic E-state index is 0.0306. The number of hydrogen-bond acceptors (Lipinski definition) is 5. The number of nitrogens with zero attached hydrogens (tertiary/aromatic N) is 2. The Bertz CT molecular complexity index is 1130. The zero-order valence-electron chi connectivity index (χ0n) is 17.4. The summed E-state index contributed by atoms with van der Waals surface area (Å²) in [6.07, 6.45) is 0.881. The highest BCUT2D eigenvalue weighted by atomic mass is 35.5. The molecule has 162 valence electrons. The van der Waals surface area contributed by atoms with Gasteiger partial charge in [0.2, 0.25) is 0 Å². The maximum Gasteiger partial charge on any atom is 0.273 e. The van der Waals surface area contributed by atoms with Crippen molar-refractivity contribution in [2.24, 2.45) is 0 Å². The first-order chi connectivity index (χ1) is 15.0. The molecule has 3 aromatic rings. The van der Waals surface area contributed by atoms with E-state index in [9.17, 15) is 15.0 Å². The van der Waals surface area contributed by atoms with Gasteiger partial charge < -0.3 is 19.8 Å². The first-order valence-electron chi connectivity index (χ1n) is 10.2. The Morgan fingerprint density at radius 1 is 1.29 bits per heavy atom. The number of β-amino-alcohol motifs (C(OH)–C–C–N with tert-alkyl or cyclic N) is 1. The van der Waals surface area contributed by atoms with Gasteiger partial charge in [0, 0.05) is 22.7 Å². The van der Waals surface area contributed by atoms with Crippen molar-refractivity contribution in [3.05, 3.63) is 63.8 Å². The van der Waals surface area contributed by atoms with Crippen molar-refractivity contribution in [1.82, 2.24) is 15.1 Å². The number of rotatable bonds is 7. The molecular formula is C23H24ClN3O4. The predicted octanol–water partition coefficient (Wildman–Crippen LogP) is 4.07. The topological polar surface area (TPSA) is 98.7 Å². The third-order valence-corrected chi connectivity index (χ3v) is 5.79. The van der Waals surface area contributed by atoms with Crippen LogP contribution < -0.4 is 4.74 Å². The Kier molecular flexibility index (Phi) is 5.89. The van der Waals surface area contributed by atoms with Gasteiger partial charge in [-0.1, -0.05) is 30.7 Å². The number of fused-ring (bicyclic) bond motifs is 1. The van der Waals surface area contributed by atoms with Crippen LogP contribution in [0.4, 0.5) is 0 Å². The summed E-state index contributed by atoms with van der Waals surface area (Å²) in [6.45, 7) is 4.41. The van der Waals surface area contributed by atoms with Crippen LogP contribution in [0, 0.1) is 6.92 Å². The average Bonchev–Trinajstić information content (AvgIpc) is 3.29. The molecule has 1 aromatic heterocycles. The predicted molar refractivity (Wildman–Crippen MR) is 118 cm³/mol. The van der Waals surface area contributed by atoms with Gasteiger partial charge in [0.1, 0.15) is 22.9 Å². The summed E-state index contributed by atoms with van der Waals surface area (Å²) < 4.78 is 5.78. The molecule has 1 aliphatic heterocycles. The third kappa shape index (κ3) is 3.75. The molecule has 0 fully saturated rings. The fourth-order valence-corrected chi connectivity index (χ4v) is 4.10. The number of aromatic hydroxyl groups is 1. The zero-order chi connectivity index (χ0) is 22.1. The molecule has 7 nitrogen and oxygen atoms in total. The molecule has 0 saturated carbocycles. The van der Waals surface area contributed by atoms with E-state index in [1.165, 1.54) is 0 Å². The lowest BCUT2D eigenvalue weighted by atomic mass is 9.95. The second-order valence-corrected chi connectivity index (χ2v) is 7.93. The van der Waals surface area contributed by atoms with E-state index in [0.29, 0.717) is 39.9 Å².